The van der Waals surface area contributed by atoms with Crippen molar-refractivity contribution in [2.45, 2.75) is 44.8 Å². The molecule has 5 rings (SSSR count). The number of hydrogen-bond acceptors (Lipinski definition) is 7. The number of hydrogen-bond donors (Lipinski definition) is 0. The molecule has 1 saturated carbocycles. The smallest absolute Gasteiger partial charge is 0.227 e. The van der Waals surface area contributed by atoms with Crippen LogP contribution >= 0.6 is 0 Å². The summed E-state index contributed by atoms with van der Waals surface area (Å²) >= 11 is 0. The predicted octanol–water partition coefficient (Wildman–Crippen LogP) is 3.48. The topological polar surface area (TPSA) is 77.0 Å². The second-order valence-electron chi connectivity index (χ2n) is 10.5. The molecule has 37 heavy (non-hydrogen) atoms. The van der Waals surface area contributed by atoms with Gasteiger partial charge in [-0.15, -0.1) is 0 Å². The third-order valence-corrected chi connectivity index (χ3v) is 8.07. The minimum Gasteiger partial charge on any atom is -0.493 e. The Bertz CT molecular complexity index is 1050. The molecule has 3 aliphatic rings. The van der Waals surface area contributed by atoms with E-state index in [1.807, 2.05) is 12.4 Å². The SMILES string of the molecule is COCc1cnc(N2CCC(C3CC3CCOc3ccc(CC(=O)N4CC(OC)C4)c(F)c3)CC2)nc1. The van der Waals surface area contributed by atoms with E-state index in [0.29, 0.717) is 43.5 Å². The van der Waals surface area contributed by atoms with E-state index < -0.39 is 0 Å². The van der Waals surface area contributed by atoms with Crippen LogP contribution in [0.5, 0.6) is 5.75 Å². The lowest BCUT2D eigenvalue weighted by Crippen LogP contribution is -2.54. The van der Waals surface area contributed by atoms with Crippen LogP contribution in [0.2, 0.25) is 0 Å². The van der Waals surface area contributed by atoms with E-state index in [4.69, 9.17) is 14.2 Å². The van der Waals surface area contributed by atoms with Crippen molar-refractivity contribution in [2.75, 3.05) is 51.9 Å². The second kappa shape index (κ2) is 11.7. The van der Waals surface area contributed by atoms with Crippen LogP contribution in [0.4, 0.5) is 10.3 Å². The van der Waals surface area contributed by atoms with Gasteiger partial charge in [0.05, 0.1) is 25.7 Å². The van der Waals surface area contributed by atoms with Crippen LogP contribution in [-0.4, -0.2) is 73.9 Å². The van der Waals surface area contributed by atoms with Crippen molar-refractivity contribution in [2.24, 2.45) is 17.8 Å². The molecule has 2 saturated heterocycles. The number of halogens is 1. The lowest BCUT2D eigenvalue weighted by molar-refractivity contribution is -0.142. The molecule has 1 amide bonds. The Kier molecular flexibility index (Phi) is 8.20. The number of ether oxygens (including phenoxy) is 3. The van der Waals surface area contributed by atoms with Gasteiger partial charge >= 0.3 is 0 Å². The molecule has 2 aliphatic heterocycles. The Balaban J connectivity index is 1.00. The van der Waals surface area contributed by atoms with Crippen LogP contribution in [0.25, 0.3) is 0 Å². The highest BCUT2D eigenvalue weighted by molar-refractivity contribution is 5.79. The molecular formula is C28H37FN4O4. The van der Waals surface area contributed by atoms with Gasteiger partial charge in [0.2, 0.25) is 11.9 Å². The highest BCUT2D eigenvalue weighted by Gasteiger charge is 2.43. The molecular weight excluding hydrogens is 475 g/mol. The molecule has 3 heterocycles. The van der Waals surface area contributed by atoms with Gasteiger partial charge in [0.25, 0.3) is 0 Å². The number of likely N-dealkylation sites (tertiary alicyclic amines) is 1. The number of amides is 1. The molecule has 1 aromatic carbocycles. The number of carbonyl (C=O) groups is 1. The number of aromatic nitrogens is 2. The summed E-state index contributed by atoms with van der Waals surface area (Å²) in [4.78, 5) is 25.3. The fraction of sp³-hybridized carbons (Fsp3) is 0.607. The molecule has 0 spiro atoms. The van der Waals surface area contributed by atoms with Crippen LogP contribution in [-0.2, 0) is 27.3 Å². The zero-order valence-corrected chi connectivity index (χ0v) is 21.8. The minimum absolute atomic E-state index is 0.0658. The van der Waals surface area contributed by atoms with Gasteiger partial charge < -0.3 is 24.0 Å². The third kappa shape index (κ3) is 6.38. The van der Waals surface area contributed by atoms with E-state index in [1.54, 1.807) is 31.3 Å². The Morgan fingerprint density at radius 2 is 1.89 bits per heavy atom. The summed E-state index contributed by atoms with van der Waals surface area (Å²) in [6, 6.07) is 4.84. The Morgan fingerprint density at radius 1 is 1.14 bits per heavy atom. The quantitative estimate of drug-likeness (QED) is 0.456. The molecule has 1 aromatic heterocycles. The predicted molar refractivity (Wildman–Crippen MR) is 137 cm³/mol. The average molecular weight is 513 g/mol. The van der Waals surface area contributed by atoms with Gasteiger partial charge in [-0.3, -0.25) is 4.79 Å². The van der Waals surface area contributed by atoms with E-state index in [9.17, 15) is 9.18 Å². The van der Waals surface area contributed by atoms with Gasteiger partial charge in [-0.2, -0.15) is 0 Å². The molecule has 2 aromatic rings. The van der Waals surface area contributed by atoms with Crippen molar-refractivity contribution in [3.63, 3.8) is 0 Å². The Labute approximate surface area is 218 Å². The molecule has 0 N–H and O–H groups in total. The maximum absolute atomic E-state index is 14.6. The summed E-state index contributed by atoms with van der Waals surface area (Å²) < 4.78 is 30.7. The van der Waals surface area contributed by atoms with Crippen molar-refractivity contribution >= 4 is 11.9 Å². The van der Waals surface area contributed by atoms with Gasteiger partial charge in [-0.1, -0.05) is 6.07 Å². The van der Waals surface area contributed by atoms with E-state index >= 15 is 0 Å². The van der Waals surface area contributed by atoms with Crippen molar-refractivity contribution in [3.05, 3.63) is 47.5 Å². The zero-order chi connectivity index (χ0) is 25.8. The van der Waals surface area contributed by atoms with Crippen molar-refractivity contribution < 1.29 is 23.4 Å². The molecule has 1 aliphatic carbocycles. The molecule has 0 radical (unpaired) electrons. The largest absolute Gasteiger partial charge is 0.493 e. The first-order chi connectivity index (χ1) is 18.0. The minimum atomic E-state index is -0.386. The van der Waals surface area contributed by atoms with Crippen molar-refractivity contribution in [3.8, 4) is 5.75 Å². The van der Waals surface area contributed by atoms with E-state index in [-0.39, 0.29) is 24.2 Å². The van der Waals surface area contributed by atoms with E-state index in [2.05, 4.69) is 14.9 Å². The highest BCUT2D eigenvalue weighted by atomic mass is 19.1. The van der Waals surface area contributed by atoms with Crippen LogP contribution in [0.1, 0.15) is 36.8 Å². The van der Waals surface area contributed by atoms with Crippen molar-refractivity contribution in [1.82, 2.24) is 14.9 Å². The second-order valence-corrected chi connectivity index (χ2v) is 10.5. The summed E-state index contributed by atoms with van der Waals surface area (Å²) in [7, 11) is 3.31. The molecule has 3 fully saturated rings. The average Bonchev–Trinajstić information content (AvgIpc) is 3.65. The number of benzene rings is 1. The number of anilines is 1. The van der Waals surface area contributed by atoms with E-state index in [0.717, 1.165) is 42.9 Å². The van der Waals surface area contributed by atoms with Crippen LogP contribution < -0.4 is 9.64 Å². The van der Waals surface area contributed by atoms with Gasteiger partial charge in [0.15, 0.2) is 0 Å². The number of carbonyl (C=O) groups excluding carboxylic acids is 1. The van der Waals surface area contributed by atoms with Gasteiger partial charge in [-0.25, -0.2) is 14.4 Å². The monoisotopic (exact) mass is 512 g/mol. The number of nitrogens with zero attached hydrogens (tertiary/aromatic N) is 4. The summed E-state index contributed by atoms with van der Waals surface area (Å²) in [5.74, 6) is 3.08. The third-order valence-electron chi connectivity index (χ3n) is 8.07. The normalized spacial score (nSPS) is 22.1. The van der Waals surface area contributed by atoms with Gasteiger partial charge in [-0.05, 0) is 55.1 Å². The maximum Gasteiger partial charge on any atom is 0.227 e. The highest BCUT2D eigenvalue weighted by Crippen LogP contribution is 2.49. The Morgan fingerprint density at radius 3 is 2.57 bits per heavy atom. The number of methoxy groups -OCH3 is 2. The van der Waals surface area contributed by atoms with E-state index in [1.165, 1.54) is 25.3 Å². The van der Waals surface area contributed by atoms with Crippen LogP contribution in [0, 0.1) is 23.6 Å². The molecule has 0 bridgehead atoms. The van der Waals surface area contributed by atoms with Gasteiger partial charge in [0.1, 0.15) is 11.6 Å². The molecule has 9 heteroatoms. The summed E-state index contributed by atoms with van der Waals surface area (Å²) in [5.41, 5.74) is 1.39. The van der Waals surface area contributed by atoms with Crippen molar-refractivity contribution in [1.29, 1.82) is 0 Å². The molecule has 2 atom stereocenters. The number of piperidine rings is 1. The first-order valence-electron chi connectivity index (χ1n) is 13.3. The molecule has 2 unspecified atom stereocenters. The lowest BCUT2D eigenvalue weighted by atomic mass is 9.90. The fourth-order valence-corrected chi connectivity index (χ4v) is 5.62. The lowest BCUT2D eigenvalue weighted by Gasteiger charge is -2.38. The van der Waals surface area contributed by atoms with Crippen LogP contribution in [0.3, 0.4) is 0 Å². The first kappa shape index (κ1) is 25.9. The fourth-order valence-electron chi connectivity index (χ4n) is 5.62. The summed E-state index contributed by atoms with van der Waals surface area (Å²) in [6.45, 7) is 4.27. The summed E-state index contributed by atoms with van der Waals surface area (Å²) in [6.07, 6.45) is 8.44. The Hall–Kier alpha value is -2.78. The first-order valence-corrected chi connectivity index (χ1v) is 13.3. The van der Waals surface area contributed by atoms with Crippen LogP contribution in [0.15, 0.2) is 30.6 Å². The number of rotatable bonds is 11. The van der Waals surface area contributed by atoms with Gasteiger partial charge in [0, 0.05) is 64.4 Å². The standard InChI is InChI=1S/C28H37FN4O4/c1-35-18-19-14-30-28(31-15-19)32-8-5-20(6-9-32)25-11-21(25)7-10-37-23-4-3-22(26(29)13-23)12-27(34)33-16-24(17-33)36-2/h3-4,13-15,20-21,24-25H,5-12,16-18H2,1-2H3. The summed E-state index contributed by atoms with van der Waals surface area (Å²) in [5, 5.41) is 0. The molecule has 8 nitrogen and oxygen atoms in total. The molecule has 200 valence electrons. The zero-order valence-electron chi connectivity index (χ0n) is 21.8. The maximum atomic E-state index is 14.6.